The number of nitrogens with one attached hydrogen (secondary N) is 1. The fraction of sp³-hybridized carbons (Fsp3) is 0.0625. The first kappa shape index (κ1) is 13.1. The number of aromatic nitrogens is 2. The molecule has 1 N–H and O–H groups in total. The Morgan fingerprint density at radius 1 is 1.05 bits per heavy atom. The molecule has 0 bridgehead atoms. The number of carboxylic acids is 1. The molecule has 5 heteroatoms. The molecule has 1 aromatic heterocycles. The van der Waals surface area contributed by atoms with Crippen molar-refractivity contribution in [3.05, 3.63) is 66.0 Å². The molecule has 0 atom stereocenters. The Bertz CT molecular complexity index is 783. The average molecular weight is 278 g/mol. The Morgan fingerprint density at radius 3 is 2.62 bits per heavy atom. The molecule has 21 heavy (non-hydrogen) atoms. The minimum absolute atomic E-state index is 0.0867. The maximum Gasteiger partial charge on any atom is 0.138 e. The summed E-state index contributed by atoms with van der Waals surface area (Å²) in [6.07, 6.45) is 1.41. The smallest absolute Gasteiger partial charge is 0.138 e. The summed E-state index contributed by atoms with van der Waals surface area (Å²) >= 11 is 0. The van der Waals surface area contributed by atoms with Crippen LogP contribution in [-0.4, -0.2) is 15.9 Å². The normalized spacial score (nSPS) is 10.5. The predicted molar refractivity (Wildman–Crippen MR) is 77.6 cm³/mol. The van der Waals surface area contributed by atoms with Gasteiger partial charge in [0.2, 0.25) is 0 Å². The highest BCUT2D eigenvalue weighted by molar-refractivity contribution is 6.06. The minimum atomic E-state index is -1.24. The van der Waals surface area contributed by atoms with Crippen LogP contribution < -0.4 is 10.4 Å². The van der Waals surface area contributed by atoms with E-state index in [2.05, 4.69) is 15.3 Å². The summed E-state index contributed by atoms with van der Waals surface area (Å²) in [5.74, 6) is -0.748. The fourth-order valence-corrected chi connectivity index (χ4v) is 2.20. The largest absolute Gasteiger partial charge is 0.545 e. The lowest BCUT2D eigenvalue weighted by molar-refractivity contribution is -0.254. The third-order valence-electron chi connectivity index (χ3n) is 3.19. The summed E-state index contributed by atoms with van der Waals surface area (Å²) in [6.45, 7) is 0.550. The van der Waals surface area contributed by atoms with Gasteiger partial charge in [-0.3, -0.25) is 0 Å². The SMILES string of the molecule is O=C([O-])c1cccc2ncnc(NCc3ccccc3)c12. The van der Waals surface area contributed by atoms with Crippen LogP contribution in [0.25, 0.3) is 10.9 Å². The van der Waals surface area contributed by atoms with Crippen molar-refractivity contribution in [3.8, 4) is 0 Å². The molecule has 0 spiro atoms. The number of carbonyl (C=O) groups excluding carboxylic acids is 1. The average Bonchev–Trinajstić information content (AvgIpc) is 2.53. The van der Waals surface area contributed by atoms with E-state index in [0.717, 1.165) is 5.56 Å². The van der Waals surface area contributed by atoms with Crippen molar-refractivity contribution in [3.63, 3.8) is 0 Å². The Labute approximate surface area is 121 Å². The second kappa shape index (κ2) is 5.58. The molecule has 0 saturated heterocycles. The van der Waals surface area contributed by atoms with Crippen molar-refractivity contribution < 1.29 is 9.90 Å². The third kappa shape index (κ3) is 2.67. The highest BCUT2D eigenvalue weighted by atomic mass is 16.4. The first-order chi connectivity index (χ1) is 10.3. The number of hydrogen-bond donors (Lipinski definition) is 1. The predicted octanol–water partition coefficient (Wildman–Crippen LogP) is 1.61. The van der Waals surface area contributed by atoms with E-state index >= 15 is 0 Å². The molecule has 0 amide bonds. The molecule has 2 aromatic carbocycles. The molecular formula is C16H12N3O2-. The second-order valence-electron chi connectivity index (χ2n) is 4.55. The molecule has 0 aliphatic carbocycles. The molecule has 0 saturated carbocycles. The van der Waals surface area contributed by atoms with Gasteiger partial charge in [0.15, 0.2) is 0 Å². The van der Waals surface area contributed by atoms with Crippen molar-refractivity contribution in [1.82, 2.24) is 9.97 Å². The summed E-state index contributed by atoms with van der Waals surface area (Å²) < 4.78 is 0. The topological polar surface area (TPSA) is 77.9 Å². The Morgan fingerprint density at radius 2 is 1.86 bits per heavy atom. The number of anilines is 1. The number of rotatable bonds is 4. The first-order valence-corrected chi connectivity index (χ1v) is 6.48. The zero-order valence-corrected chi connectivity index (χ0v) is 11.1. The van der Waals surface area contributed by atoms with Crippen molar-refractivity contribution in [2.24, 2.45) is 0 Å². The van der Waals surface area contributed by atoms with Gasteiger partial charge in [-0.1, -0.05) is 42.5 Å². The Balaban J connectivity index is 2.00. The molecule has 3 aromatic rings. The van der Waals surface area contributed by atoms with E-state index in [-0.39, 0.29) is 5.56 Å². The molecule has 0 unspecified atom stereocenters. The molecule has 0 fully saturated rings. The number of fused-ring (bicyclic) bond motifs is 1. The van der Waals surface area contributed by atoms with Gasteiger partial charge in [-0.05, 0) is 11.6 Å². The maximum absolute atomic E-state index is 11.2. The van der Waals surface area contributed by atoms with Crippen LogP contribution in [0, 0.1) is 0 Å². The van der Waals surface area contributed by atoms with Gasteiger partial charge < -0.3 is 15.2 Å². The summed E-state index contributed by atoms with van der Waals surface area (Å²) in [4.78, 5) is 19.5. The van der Waals surface area contributed by atoms with E-state index in [1.807, 2.05) is 30.3 Å². The zero-order chi connectivity index (χ0) is 14.7. The van der Waals surface area contributed by atoms with Crippen LogP contribution in [0.2, 0.25) is 0 Å². The van der Waals surface area contributed by atoms with Gasteiger partial charge in [-0.25, -0.2) is 9.97 Å². The fourth-order valence-electron chi connectivity index (χ4n) is 2.20. The molecule has 5 nitrogen and oxygen atoms in total. The standard InChI is InChI=1S/C16H13N3O2/c20-16(21)12-7-4-8-13-14(12)15(19-10-18-13)17-9-11-5-2-1-3-6-11/h1-8,10H,9H2,(H,20,21)(H,17,18,19)/p-1. The van der Waals surface area contributed by atoms with Crippen LogP contribution in [0.4, 0.5) is 5.82 Å². The number of benzene rings is 2. The lowest BCUT2D eigenvalue weighted by Gasteiger charge is -2.12. The number of aromatic carboxylic acids is 1. The summed E-state index contributed by atoms with van der Waals surface area (Å²) in [5, 5.41) is 14.9. The van der Waals surface area contributed by atoms with Crippen molar-refractivity contribution in [1.29, 1.82) is 0 Å². The van der Waals surface area contributed by atoms with Crippen LogP contribution in [0.15, 0.2) is 54.9 Å². The number of carboxylic acid groups (broad SMARTS) is 1. The minimum Gasteiger partial charge on any atom is -0.545 e. The highest BCUT2D eigenvalue weighted by Gasteiger charge is 2.09. The monoisotopic (exact) mass is 278 g/mol. The number of hydrogen-bond acceptors (Lipinski definition) is 5. The number of carbonyl (C=O) groups is 1. The molecule has 1 heterocycles. The van der Waals surface area contributed by atoms with Crippen molar-refractivity contribution in [2.75, 3.05) is 5.32 Å². The Kier molecular flexibility index (Phi) is 3.47. The van der Waals surface area contributed by atoms with E-state index in [9.17, 15) is 9.90 Å². The van der Waals surface area contributed by atoms with Crippen LogP contribution >= 0.6 is 0 Å². The van der Waals surface area contributed by atoms with Gasteiger partial charge in [0.25, 0.3) is 0 Å². The van der Waals surface area contributed by atoms with Gasteiger partial charge in [-0.2, -0.15) is 0 Å². The zero-order valence-electron chi connectivity index (χ0n) is 11.1. The lowest BCUT2D eigenvalue weighted by atomic mass is 10.1. The van der Waals surface area contributed by atoms with E-state index in [1.165, 1.54) is 12.4 Å². The molecule has 3 rings (SSSR count). The van der Waals surface area contributed by atoms with Crippen LogP contribution in [0.1, 0.15) is 15.9 Å². The van der Waals surface area contributed by atoms with Crippen LogP contribution in [0.5, 0.6) is 0 Å². The maximum atomic E-state index is 11.2. The second-order valence-corrected chi connectivity index (χ2v) is 4.55. The van der Waals surface area contributed by atoms with E-state index in [1.54, 1.807) is 12.1 Å². The first-order valence-electron chi connectivity index (χ1n) is 6.48. The molecular weight excluding hydrogens is 266 g/mol. The van der Waals surface area contributed by atoms with Gasteiger partial charge in [-0.15, -0.1) is 0 Å². The molecule has 0 radical (unpaired) electrons. The van der Waals surface area contributed by atoms with Crippen molar-refractivity contribution in [2.45, 2.75) is 6.54 Å². The number of nitrogens with zero attached hydrogens (tertiary/aromatic N) is 2. The molecule has 0 aliphatic heterocycles. The van der Waals surface area contributed by atoms with Gasteiger partial charge >= 0.3 is 0 Å². The van der Waals surface area contributed by atoms with Crippen molar-refractivity contribution >= 4 is 22.7 Å². The quantitative estimate of drug-likeness (QED) is 0.784. The lowest BCUT2D eigenvalue weighted by Crippen LogP contribution is -2.23. The van der Waals surface area contributed by atoms with Gasteiger partial charge in [0, 0.05) is 12.1 Å². The van der Waals surface area contributed by atoms with Crippen LogP contribution in [0.3, 0.4) is 0 Å². The summed E-state index contributed by atoms with van der Waals surface area (Å²) in [7, 11) is 0. The summed E-state index contributed by atoms with van der Waals surface area (Å²) in [5.41, 5.74) is 1.74. The Hall–Kier alpha value is -2.95. The van der Waals surface area contributed by atoms with E-state index in [4.69, 9.17) is 0 Å². The third-order valence-corrected chi connectivity index (χ3v) is 3.19. The van der Waals surface area contributed by atoms with Gasteiger partial charge in [0.05, 0.1) is 16.9 Å². The van der Waals surface area contributed by atoms with Gasteiger partial charge in [0.1, 0.15) is 12.1 Å². The van der Waals surface area contributed by atoms with E-state index in [0.29, 0.717) is 23.3 Å². The molecule has 0 aliphatic rings. The molecule has 104 valence electrons. The summed E-state index contributed by atoms with van der Waals surface area (Å²) in [6, 6.07) is 14.7. The van der Waals surface area contributed by atoms with E-state index < -0.39 is 5.97 Å². The van der Waals surface area contributed by atoms with Crippen LogP contribution in [-0.2, 0) is 6.54 Å². The highest BCUT2D eigenvalue weighted by Crippen LogP contribution is 2.23.